The highest BCUT2D eigenvalue weighted by Gasteiger charge is 2.43. The molecule has 1 fully saturated rings. The van der Waals surface area contributed by atoms with Crippen molar-refractivity contribution in [2.75, 3.05) is 5.32 Å². The number of para-hydroxylation sites is 1. The number of rotatable bonds is 6. The third kappa shape index (κ3) is 5.21. The van der Waals surface area contributed by atoms with E-state index >= 15 is 0 Å². The summed E-state index contributed by atoms with van der Waals surface area (Å²) in [6.07, 6.45) is 8.20. The normalized spacial score (nSPS) is 16.9. The van der Waals surface area contributed by atoms with Gasteiger partial charge in [0.05, 0.1) is 22.3 Å². The van der Waals surface area contributed by atoms with Crippen molar-refractivity contribution in [3.8, 4) is 0 Å². The number of aromatic nitrogens is 4. The molecule has 1 N–H and O–H groups in total. The van der Waals surface area contributed by atoms with Crippen LogP contribution in [0.5, 0.6) is 0 Å². The Morgan fingerprint density at radius 3 is 2.42 bits per heavy atom. The molecule has 0 amide bonds. The zero-order chi connectivity index (χ0) is 23.6. The second-order valence-electron chi connectivity index (χ2n) is 9.68. The molecule has 1 aliphatic carbocycles. The first-order valence-electron chi connectivity index (χ1n) is 11.1. The maximum Gasteiger partial charge on any atom is 0.177 e. The van der Waals surface area contributed by atoms with Crippen LogP contribution in [0.1, 0.15) is 63.9 Å². The number of allylic oxidation sites excluding steroid dienone is 1. The van der Waals surface area contributed by atoms with E-state index in [1.165, 1.54) is 0 Å². The molecule has 0 saturated heterocycles. The van der Waals surface area contributed by atoms with Gasteiger partial charge in [0.15, 0.2) is 5.82 Å². The number of nitrogens with one attached hydrogen (secondary N) is 1. The summed E-state index contributed by atoms with van der Waals surface area (Å²) in [6, 6.07) is 13.2. The van der Waals surface area contributed by atoms with E-state index in [-0.39, 0.29) is 17.0 Å². The summed E-state index contributed by atoms with van der Waals surface area (Å²) in [4.78, 5) is 0. The van der Waals surface area contributed by atoms with Crippen LogP contribution in [0.25, 0.3) is 6.08 Å². The van der Waals surface area contributed by atoms with Crippen LogP contribution < -0.4 is 5.32 Å². The van der Waals surface area contributed by atoms with Gasteiger partial charge in [-0.25, -0.2) is 4.68 Å². The molecule has 1 heterocycles. The highest BCUT2D eigenvalue weighted by molar-refractivity contribution is 6.35. The van der Waals surface area contributed by atoms with E-state index < -0.39 is 0 Å². The van der Waals surface area contributed by atoms with Crippen molar-refractivity contribution in [3.63, 3.8) is 0 Å². The van der Waals surface area contributed by atoms with Crippen LogP contribution in [0.3, 0.4) is 0 Å². The van der Waals surface area contributed by atoms with Crippen molar-refractivity contribution in [3.05, 3.63) is 75.0 Å². The lowest BCUT2D eigenvalue weighted by Crippen LogP contribution is -2.38. The smallest absolute Gasteiger partial charge is 0.177 e. The average Bonchev–Trinajstić information content (AvgIpc) is 3.41. The molecule has 8 heteroatoms. The van der Waals surface area contributed by atoms with Gasteiger partial charge in [-0.1, -0.05) is 98.8 Å². The van der Waals surface area contributed by atoms with Gasteiger partial charge in [-0.15, -0.1) is 5.10 Å². The Bertz CT molecular complexity index is 1140. The molecule has 1 aliphatic rings. The number of benzene rings is 2. The van der Waals surface area contributed by atoms with Gasteiger partial charge in [0.25, 0.3) is 0 Å². The van der Waals surface area contributed by atoms with E-state index in [2.05, 4.69) is 47.7 Å². The highest BCUT2D eigenvalue weighted by Crippen LogP contribution is 2.44. The first-order valence-corrected chi connectivity index (χ1v) is 12.3. The summed E-state index contributed by atoms with van der Waals surface area (Å²) in [5, 5.41) is 18.7. The fourth-order valence-electron chi connectivity index (χ4n) is 4.47. The second-order valence-corrected chi connectivity index (χ2v) is 10.9. The van der Waals surface area contributed by atoms with E-state index in [0.29, 0.717) is 15.1 Å². The molecule has 33 heavy (non-hydrogen) atoms. The first kappa shape index (κ1) is 24.1. The van der Waals surface area contributed by atoms with Gasteiger partial charge in [-0.05, 0) is 58.5 Å². The average molecular weight is 505 g/mol. The van der Waals surface area contributed by atoms with Crippen molar-refractivity contribution in [2.24, 2.45) is 5.41 Å². The summed E-state index contributed by atoms with van der Waals surface area (Å²) >= 11 is 19.0. The molecule has 1 saturated carbocycles. The quantitative estimate of drug-likeness (QED) is 0.372. The number of nitrogens with zero attached hydrogens (tertiary/aromatic N) is 4. The highest BCUT2D eigenvalue weighted by atomic mass is 35.5. The maximum absolute atomic E-state index is 6.49. The second kappa shape index (κ2) is 9.65. The molecule has 2 aromatic carbocycles. The van der Waals surface area contributed by atoms with E-state index in [1.807, 2.05) is 47.2 Å². The Hall–Kier alpha value is -2.08. The summed E-state index contributed by atoms with van der Waals surface area (Å²) in [6.45, 7) is 6.54. The number of tetrazole rings is 1. The predicted octanol–water partition coefficient (Wildman–Crippen LogP) is 7.82. The molecule has 5 nitrogen and oxygen atoms in total. The van der Waals surface area contributed by atoms with Crippen LogP contribution in [0.4, 0.5) is 5.69 Å². The van der Waals surface area contributed by atoms with Crippen LogP contribution in [0.2, 0.25) is 15.1 Å². The summed E-state index contributed by atoms with van der Waals surface area (Å²) in [5.41, 5.74) is 1.26. The monoisotopic (exact) mass is 503 g/mol. The van der Waals surface area contributed by atoms with Gasteiger partial charge in [0.1, 0.15) is 0 Å². The lowest BCUT2D eigenvalue weighted by Gasteiger charge is -2.35. The van der Waals surface area contributed by atoms with Gasteiger partial charge >= 0.3 is 0 Å². The van der Waals surface area contributed by atoms with Crippen molar-refractivity contribution in [2.45, 2.75) is 58.0 Å². The van der Waals surface area contributed by atoms with Crippen molar-refractivity contribution in [1.29, 1.82) is 0 Å². The third-order valence-corrected chi connectivity index (χ3v) is 7.09. The van der Waals surface area contributed by atoms with Crippen LogP contribution in [-0.4, -0.2) is 20.2 Å². The fraction of sp³-hybridized carbons (Fsp3) is 0.400. The Kier molecular flexibility index (Phi) is 7.04. The first-order chi connectivity index (χ1) is 15.7. The van der Waals surface area contributed by atoms with Crippen LogP contribution in [0, 0.1) is 5.41 Å². The summed E-state index contributed by atoms with van der Waals surface area (Å²) in [5.74, 6) is 0.826. The Morgan fingerprint density at radius 2 is 1.76 bits per heavy atom. The molecular formula is C25H28Cl3N5. The number of anilines is 1. The van der Waals surface area contributed by atoms with Gasteiger partial charge in [0.2, 0.25) is 0 Å². The minimum absolute atomic E-state index is 0.0974. The molecule has 1 atom stereocenters. The van der Waals surface area contributed by atoms with Crippen LogP contribution in [0.15, 0.2) is 48.5 Å². The molecule has 1 unspecified atom stereocenters. The van der Waals surface area contributed by atoms with Crippen LogP contribution in [-0.2, 0) is 5.54 Å². The van der Waals surface area contributed by atoms with Gasteiger partial charge in [0, 0.05) is 10.0 Å². The van der Waals surface area contributed by atoms with E-state index in [1.54, 1.807) is 6.07 Å². The van der Waals surface area contributed by atoms with Gasteiger partial charge in [-0.3, -0.25) is 0 Å². The van der Waals surface area contributed by atoms with E-state index in [0.717, 1.165) is 42.8 Å². The molecule has 0 radical (unpaired) electrons. The number of hydrogen-bond donors (Lipinski definition) is 1. The molecule has 0 aliphatic heterocycles. The Labute approximate surface area is 210 Å². The van der Waals surface area contributed by atoms with Crippen molar-refractivity contribution in [1.82, 2.24) is 20.2 Å². The molecule has 3 aromatic rings. The zero-order valence-corrected chi connectivity index (χ0v) is 21.3. The minimum Gasteiger partial charge on any atom is -0.371 e. The topological polar surface area (TPSA) is 55.6 Å². The lowest BCUT2D eigenvalue weighted by atomic mass is 9.85. The van der Waals surface area contributed by atoms with E-state index in [4.69, 9.17) is 34.8 Å². The number of halogens is 3. The van der Waals surface area contributed by atoms with Gasteiger partial charge < -0.3 is 5.32 Å². The fourth-order valence-corrected chi connectivity index (χ4v) is 5.12. The van der Waals surface area contributed by atoms with Crippen LogP contribution >= 0.6 is 34.8 Å². The summed E-state index contributed by atoms with van der Waals surface area (Å²) in [7, 11) is 0. The van der Waals surface area contributed by atoms with Gasteiger partial charge in [-0.2, -0.15) is 0 Å². The maximum atomic E-state index is 6.49. The lowest BCUT2D eigenvalue weighted by molar-refractivity contribution is 0.254. The third-order valence-electron chi connectivity index (χ3n) is 6.20. The predicted molar refractivity (Wildman–Crippen MR) is 137 cm³/mol. The molecule has 174 valence electrons. The Balaban J connectivity index is 1.74. The largest absolute Gasteiger partial charge is 0.371 e. The standard InChI is InChI=1S/C25H28Cl3N5/c1-24(2,3)22(13-11-17-10-12-18(26)16-20(17)28)33-23(30-31-32-33)25(14-6-7-15-25)29-21-9-5-4-8-19(21)27/h4-5,8-13,16,22,29H,6-7,14-15H2,1-3H3. The molecule has 0 spiro atoms. The van der Waals surface area contributed by atoms with E-state index in [9.17, 15) is 0 Å². The Morgan fingerprint density at radius 1 is 1.03 bits per heavy atom. The zero-order valence-electron chi connectivity index (χ0n) is 19.0. The molecule has 0 bridgehead atoms. The number of hydrogen-bond acceptors (Lipinski definition) is 4. The SMILES string of the molecule is CC(C)(C)C(C=Cc1ccc(Cl)cc1Cl)n1nnnc1C1(Nc2ccccc2Cl)CCCC1. The summed E-state index contributed by atoms with van der Waals surface area (Å²) < 4.78 is 1.95. The van der Waals surface area contributed by atoms with Crippen molar-refractivity contribution >= 4 is 46.6 Å². The minimum atomic E-state index is -0.385. The van der Waals surface area contributed by atoms with Crippen molar-refractivity contribution < 1.29 is 0 Å². The molecular weight excluding hydrogens is 477 g/mol. The molecule has 4 rings (SSSR count). The molecule has 1 aromatic heterocycles.